The zero-order chi connectivity index (χ0) is 16.5. The summed E-state index contributed by atoms with van der Waals surface area (Å²) in [4.78, 5) is 15.1. The van der Waals surface area contributed by atoms with Crippen molar-refractivity contribution < 1.29 is 9.53 Å². The van der Waals surface area contributed by atoms with Gasteiger partial charge in [-0.2, -0.15) is 5.10 Å². The fraction of sp³-hybridized carbons (Fsp3) is 0.474. The second-order valence-corrected chi connectivity index (χ2v) is 6.79. The van der Waals surface area contributed by atoms with Gasteiger partial charge in [-0.05, 0) is 37.8 Å². The summed E-state index contributed by atoms with van der Waals surface area (Å²) in [7, 11) is 1.66. The Bertz CT molecular complexity index is 699. The van der Waals surface area contributed by atoms with Crippen molar-refractivity contribution in [3.63, 3.8) is 0 Å². The first-order valence-corrected chi connectivity index (χ1v) is 8.68. The van der Waals surface area contributed by atoms with Gasteiger partial charge in [0.15, 0.2) is 0 Å². The minimum absolute atomic E-state index is 0.228. The van der Waals surface area contributed by atoms with E-state index in [9.17, 15) is 4.79 Å². The van der Waals surface area contributed by atoms with Gasteiger partial charge < -0.3 is 9.64 Å². The van der Waals surface area contributed by atoms with E-state index in [-0.39, 0.29) is 5.91 Å². The van der Waals surface area contributed by atoms with Crippen LogP contribution in [0.1, 0.15) is 37.3 Å². The summed E-state index contributed by atoms with van der Waals surface area (Å²) in [5.74, 6) is 1.02. The van der Waals surface area contributed by atoms with Crippen LogP contribution in [0.4, 0.5) is 0 Å². The lowest BCUT2D eigenvalue weighted by Crippen LogP contribution is -2.47. The van der Waals surface area contributed by atoms with Crippen LogP contribution in [0, 0.1) is 0 Å². The first-order chi connectivity index (χ1) is 11.8. The molecule has 24 heavy (non-hydrogen) atoms. The Labute approximate surface area is 142 Å². The van der Waals surface area contributed by atoms with Crippen LogP contribution >= 0.6 is 0 Å². The molecule has 4 rings (SSSR count). The first kappa shape index (κ1) is 15.2. The number of ether oxygens (including phenoxy) is 1. The number of nitrogens with zero attached hydrogens (tertiary/aromatic N) is 3. The Morgan fingerprint density at radius 2 is 1.92 bits per heavy atom. The average molecular weight is 325 g/mol. The number of amides is 1. The van der Waals surface area contributed by atoms with E-state index < -0.39 is 0 Å². The largest absolute Gasteiger partial charge is 0.496 e. The third-order valence-corrected chi connectivity index (χ3v) is 5.43. The van der Waals surface area contributed by atoms with Gasteiger partial charge in [-0.3, -0.25) is 9.48 Å². The molecule has 5 heteroatoms. The monoisotopic (exact) mass is 325 g/mol. The molecule has 0 N–H and O–H groups in total. The summed E-state index contributed by atoms with van der Waals surface area (Å²) in [6.45, 7) is 0. The molecule has 0 aliphatic carbocycles. The van der Waals surface area contributed by atoms with Crippen LogP contribution in [0.25, 0.3) is 0 Å². The van der Waals surface area contributed by atoms with Gasteiger partial charge in [0.25, 0.3) is 0 Å². The van der Waals surface area contributed by atoms with Crippen molar-refractivity contribution in [2.45, 2.75) is 50.2 Å². The number of benzene rings is 1. The summed E-state index contributed by atoms with van der Waals surface area (Å²) in [6.07, 6.45) is 8.53. The highest BCUT2D eigenvalue weighted by atomic mass is 16.5. The van der Waals surface area contributed by atoms with Crippen LogP contribution in [-0.2, 0) is 11.2 Å². The van der Waals surface area contributed by atoms with E-state index in [4.69, 9.17) is 4.74 Å². The maximum absolute atomic E-state index is 12.9. The smallest absolute Gasteiger partial charge is 0.227 e. The maximum Gasteiger partial charge on any atom is 0.227 e. The zero-order valence-electron chi connectivity index (χ0n) is 14.0. The average Bonchev–Trinajstić information content (AvgIpc) is 3.22. The van der Waals surface area contributed by atoms with Gasteiger partial charge in [0.2, 0.25) is 5.91 Å². The molecule has 2 aliphatic rings. The summed E-state index contributed by atoms with van der Waals surface area (Å²) in [5.41, 5.74) is 0.971. The molecule has 5 nitrogen and oxygen atoms in total. The first-order valence-electron chi connectivity index (χ1n) is 8.68. The molecule has 0 saturated carbocycles. The molecule has 2 aromatic rings. The van der Waals surface area contributed by atoms with Crippen molar-refractivity contribution in [1.82, 2.24) is 14.7 Å². The predicted octanol–water partition coefficient (Wildman–Crippen LogP) is 2.83. The summed E-state index contributed by atoms with van der Waals surface area (Å²) in [6, 6.07) is 10.9. The Morgan fingerprint density at radius 3 is 2.58 bits per heavy atom. The topological polar surface area (TPSA) is 47.4 Å². The molecule has 1 amide bonds. The van der Waals surface area contributed by atoms with Crippen LogP contribution in [0.15, 0.2) is 42.7 Å². The van der Waals surface area contributed by atoms with E-state index >= 15 is 0 Å². The molecular weight excluding hydrogens is 302 g/mol. The van der Waals surface area contributed by atoms with Crippen LogP contribution in [0.5, 0.6) is 5.75 Å². The highest BCUT2D eigenvalue weighted by Crippen LogP contribution is 2.41. The number of carbonyl (C=O) groups excluding carboxylic acids is 1. The van der Waals surface area contributed by atoms with Crippen LogP contribution < -0.4 is 4.74 Å². The second kappa shape index (κ2) is 6.30. The minimum Gasteiger partial charge on any atom is -0.496 e. The molecule has 2 unspecified atom stereocenters. The van der Waals surface area contributed by atoms with Gasteiger partial charge in [0.1, 0.15) is 5.75 Å². The summed E-state index contributed by atoms with van der Waals surface area (Å²) in [5, 5.41) is 4.39. The Morgan fingerprint density at radius 1 is 1.17 bits per heavy atom. The molecule has 0 radical (unpaired) electrons. The van der Waals surface area contributed by atoms with Crippen LogP contribution in [-0.4, -0.2) is 39.8 Å². The number of fused-ring (bicyclic) bond motifs is 2. The second-order valence-electron chi connectivity index (χ2n) is 6.79. The van der Waals surface area contributed by atoms with Gasteiger partial charge in [-0.1, -0.05) is 18.2 Å². The van der Waals surface area contributed by atoms with Crippen LogP contribution in [0.2, 0.25) is 0 Å². The van der Waals surface area contributed by atoms with Gasteiger partial charge in [-0.15, -0.1) is 0 Å². The normalized spacial score (nSPS) is 25.7. The number of methoxy groups -OCH3 is 1. The zero-order valence-corrected chi connectivity index (χ0v) is 14.0. The lowest BCUT2D eigenvalue weighted by molar-refractivity contribution is -0.135. The lowest BCUT2D eigenvalue weighted by atomic mass is 9.96. The van der Waals surface area contributed by atoms with E-state index in [1.165, 1.54) is 0 Å². The molecular formula is C19H23N3O2. The number of hydrogen-bond acceptors (Lipinski definition) is 3. The number of carbonyl (C=O) groups is 1. The fourth-order valence-corrected chi connectivity index (χ4v) is 4.37. The van der Waals surface area contributed by atoms with Crippen LogP contribution in [0.3, 0.4) is 0 Å². The number of piperidine rings is 1. The SMILES string of the molecule is COc1ccccc1CC(=O)N1C2CCC1CC(n1cccn1)C2. The number of para-hydroxylation sites is 1. The number of hydrogen-bond donors (Lipinski definition) is 0. The van der Waals surface area contributed by atoms with Crippen molar-refractivity contribution in [3.05, 3.63) is 48.3 Å². The summed E-state index contributed by atoms with van der Waals surface area (Å²) >= 11 is 0. The van der Waals surface area contributed by atoms with Crippen molar-refractivity contribution in [2.75, 3.05) is 7.11 Å². The minimum atomic E-state index is 0.228. The third kappa shape index (κ3) is 2.68. The van der Waals surface area contributed by atoms with E-state index in [2.05, 4.69) is 14.7 Å². The Hall–Kier alpha value is -2.30. The van der Waals surface area contributed by atoms with E-state index in [0.717, 1.165) is 37.0 Å². The molecule has 2 bridgehead atoms. The predicted molar refractivity (Wildman–Crippen MR) is 90.9 cm³/mol. The Kier molecular flexibility index (Phi) is 4.00. The highest BCUT2D eigenvalue weighted by Gasteiger charge is 2.43. The van der Waals surface area contributed by atoms with E-state index in [1.54, 1.807) is 7.11 Å². The molecule has 126 valence electrons. The Balaban J connectivity index is 1.48. The fourth-order valence-electron chi connectivity index (χ4n) is 4.37. The third-order valence-electron chi connectivity index (χ3n) is 5.43. The van der Waals surface area contributed by atoms with Crippen molar-refractivity contribution in [1.29, 1.82) is 0 Å². The van der Waals surface area contributed by atoms with Gasteiger partial charge in [0, 0.05) is 30.0 Å². The molecule has 2 fully saturated rings. The van der Waals surface area contributed by atoms with Crippen molar-refractivity contribution in [2.24, 2.45) is 0 Å². The van der Waals surface area contributed by atoms with Gasteiger partial charge in [-0.25, -0.2) is 0 Å². The number of aromatic nitrogens is 2. The molecule has 1 aromatic heterocycles. The molecule has 1 aromatic carbocycles. The van der Waals surface area contributed by atoms with E-state index in [0.29, 0.717) is 24.5 Å². The van der Waals surface area contributed by atoms with Crippen molar-refractivity contribution in [3.8, 4) is 5.75 Å². The van der Waals surface area contributed by atoms with E-state index in [1.807, 2.05) is 42.7 Å². The standard InChI is InChI=1S/C19H23N3O2/c1-24-18-6-3-2-5-14(18)11-19(23)22-15-7-8-16(22)13-17(12-15)21-10-4-9-20-21/h2-6,9-10,15-17H,7-8,11-13H2,1H3. The maximum atomic E-state index is 12.9. The lowest BCUT2D eigenvalue weighted by Gasteiger charge is -2.39. The number of rotatable bonds is 4. The van der Waals surface area contributed by atoms with Crippen molar-refractivity contribution >= 4 is 5.91 Å². The van der Waals surface area contributed by atoms with Gasteiger partial charge >= 0.3 is 0 Å². The molecule has 2 saturated heterocycles. The molecule has 2 atom stereocenters. The quantitative estimate of drug-likeness (QED) is 0.868. The molecule has 0 spiro atoms. The molecule has 2 aliphatic heterocycles. The highest BCUT2D eigenvalue weighted by molar-refractivity contribution is 5.80. The molecule has 3 heterocycles. The summed E-state index contributed by atoms with van der Waals surface area (Å²) < 4.78 is 7.45. The van der Waals surface area contributed by atoms with Gasteiger partial charge in [0.05, 0.1) is 19.6 Å².